The van der Waals surface area contributed by atoms with E-state index in [4.69, 9.17) is 16.3 Å². The molecule has 1 atom stereocenters. The summed E-state index contributed by atoms with van der Waals surface area (Å²) in [5.41, 5.74) is 1.94. The normalized spacial score (nSPS) is 19.6. The third-order valence-electron chi connectivity index (χ3n) is 9.83. The Hall–Kier alpha value is -5.13. The number of amides is 4. The molecule has 3 fully saturated rings. The fraction of sp³-hybridized carbons (Fsp3) is 0.382. The van der Waals surface area contributed by atoms with Crippen molar-refractivity contribution in [1.29, 1.82) is 0 Å². The first kappa shape index (κ1) is 35.3. The molecule has 18 heteroatoms. The summed E-state index contributed by atoms with van der Waals surface area (Å²) in [4.78, 5) is 63.8. The average Bonchev–Trinajstić information content (AvgIpc) is 3.52. The topological polar surface area (TPSA) is 201 Å². The molecule has 0 aliphatic carbocycles. The van der Waals surface area contributed by atoms with Crippen LogP contribution in [0.2, 0.25) is 5.02 Å². The smallest absolute Gasteiger partial charge is 0.329 e. The van der Waals surface area contributed by atoms with Crippen LogP contribution in [0.25, 0.3) is 21.8 Å². The fourth-order valence-corrected chi connectivity index (χ4v) is 8.77. The lowest BCUT2D eigenvalue weighted by Crippen LogP contribution is -2.44. The molecule has 4 heterocycles. The number of imidazole rings is 1. The molecule has 1 aromatic heterocycles. The van der Waals surface area contributed by atoms with Gasteiger partial charge in [0.1, 0.15) is 36.4 Å². The number of carbonyl (C=O) groups excluding carboxylic acids is 4. The van der Waals surface area contributed by atoms with E-state index in [1.54, 1.807) is 25.2 Å². The van der Waals surface area contributed by atoms with Gasteiger partial charge in [-0.1, -0.05) is 23.7 Å². The van der Waals surface area contributed by atoms with Crippen molar-refractivity contribution in [3.63, 3.8) is 0 Å². The number of fused-ring (bicyclic) bond motifs is 2. The lowest BCUT2D eigenvalue weighted by Gasteiger charge is -2.31. The first-order chi connectivity index (χ1) is 24.8. The second-order valence-corrected chi connectivity index (χ2v) is 15.1. The third-order valence-corrected chi connectivity index (χ3v) is 11.6. The molecule has 7 rings (SSSR count). The van der Waals surface area contributed by atoms with Gasteiger partial charge in [0.2, 0.25) is 17.7 Å². The van der Waals surface area contributed by atoms with Gasteiger partial charge in [-0.15, -0.1) is 0 Å². The zero-order chi connectivity index (χ0) is 36.9. The van der Waals surface area contributed by atoms with Crippen molar-refractivity contribution in [3.05, 3.63) is 63.5 Å². The quantitative estimate of drug-likeness (QED) is 0.143. The van der Waals surface area contributed by atoms with Crippen LogP contribution in [0, 0.1) is 0 Å². The standard InChI is InChI=1S/C34H36ClN7O9S/c1-39-26-14-20(3-5-24(26)42(34(39)48)25-6-7-28(44)37-33(25)47)19-8-11-40(12-9-19)17-29(45)36-10-13-51-22-4-2-21-15-27(43)32(31(35)23(21)16-22)41-18-30(46)38-52(41,49)50/h2-5,14-16,19,25,43H,6-13,17-18H2,1H3,(H,36,45)(H,38,46)(H,37,44,47). The second-order valence-electron chi connectivity index (χ2n) is 13.2. The zero-order valence-corrected chi connectivity index (χ0v) is 29.6. The molecular weight excluding hydrogens is 718 g/mol. The molecule has 4 N–H and O–H groups in total. The van der Waals surface area contributed by atoms with Gasteiger partial charge in [0.25, 0.3) is 5.91 Å². The number of hydrogen-bond acceptors (Lipinski definition) is 10. The van der Waals surface area contributed by atoms with Crippen LogP contribution in [0.15, 0.2) is 47.3 Å². The first-order valence-corrected chi connectivity index (χ1v) is 18.6. The maximum atomic E-state index is 13.1. The number of carbonyl (C=O) groups is 4. The lowest BCUT2D eigenvalue weighted by atomic mass is 9.89. The van der Waals surface area contributed by atoms with E-state index in [2.05, 4.69) is 15.5 Å². The van der Waals surface area contributed by atoms with Gasteiger partial charge >= 0.3 is 15.9 Å². The number of nitrogens with zero attached hydrogens (tertiary/aromatic N) is 4. The van der Waals surface area contributed by atoms with Crippen LogP contribution >= 0.6 is 11.6 Å². The van der Waals surface area contributed by atoms with Crippen LogP contribution in [-0.4, -0.2) is 90.5 Å². The Bertz CT molecular complexity index is 2320. The van der Waals surface area contributed by atoms with Crippen LogP contribution in [0.3, 0.4) is 0 Å². The number of ether oxygens (including phenoxy) is 1. The Morgan fingerprint density at radius 3 is 2.50 bits per heavy atom. The van der Waals surface area contributed by atoms with E-state index in [0.717, 1.165) is 23.9 Å². The van der Waals surface area contributed by atoms with Crippen molar-refractivity contribution in [2.24, 2.45) is 7.05 Å². The molecule has 52 heavy (non-hydrogen) atoms. The monoisotopic (exact) mass is 753 g/mol. The van der Waals surface area contributed by atoms with E-state index in [-0.39, 0.29) is 66.7 Å². The number of rotatable bonds is 9. The number of nitrogens with one attached hydrogen (secondary N) is 3. The Morgan fingerprint density at radius 2 is 1.79 bits per heavy atom. The summed E-state index contributed by atoms with van der Waals surface area (Å²) in [6.45, 7) is 1.52. The van der Waals surface area contributed by atoms with E-state index in [0.29, 0.717) is 39.4 Å². The molecule has 3 aliphatic rings. The molecular formula is C34H36ClN7O9S. The molecule has 274 valence electrons. The number of phenolic OH excluding ortho intramolecular Hbond substituents is 1. The van der Waals surface area contributed by atoms with Crippen molar-refractivity contribution in [2.45, 2.75) is 37.6 Å². The minimum Gasteiger partial charge on any atom is -0.506 e. The van der Waals surface area contributed by atoms with Crippen LogP contribution in [0.5, 0.6) is 11.5 Å². The summed E-state index contributed by atoms with van der Waals surface area (Å²) in [5.74, 6) is -1.45. The van der Waals surface area contributed by atoms with Gasteiger partial charge in [0.05, 0.1) is 29.1 Å². The molecule has 4 aromatic rings. The van der Waals surface area contributed by atoms with Gasteiger partial charge in [-0.2, -0.15) is 8.42 Å². The molecule has 0 radical (unpaired) electrons. The molecule has 3 saturated heterocycles. The Morgan fingerprint density at radius 1 is 1.02 bits per heavy atom. The fourth-order valence-electron chi connectivity index (χ4n) is 7.19. The van der Waals surface area contributed by atoms with Gasteiger partial charge in [-0.25, -0.2) is 13.8 Å². The van der Waals surface area contributed by atoms with Crippen molar-refractivity contribution >= 4 is 72.9 Å². The summed E-state index contributed by atoms with van der Waals surface area (Å²) in [7, 11) is -2.52. The number of likely N-dealkylation sites (tertiary alicyclic amines) is 1. The van der Waals surface area contributed by atoms with Gasteiger partial charge in [-0.3, -0.25) is 38.5 Å². The van der Waals surface area contributed by atoms with E-state index in [1.807, 2.05) is 22.9 Å². The summed E-state index contributed by atoms with van der Waals surface area (Å²) < 4.78 is 36.1. The maximum Gasteiger partial charge on any atom is 0.329 e. The number of imide groups is 1. The second kappa shape index (κ2) is 13.8. The predicted octanol–water partition coefficient (Wildman–Crippen LogP) is 1.39. The number of benzene rings is 3. The molecule has 1 unspecified atom stereocenters. The summed E-state index contributed by atoms with van der Waals surface area (Å²) in [6.07, 6.45) is 2.10. The average molecular weight is 754 g/mol. The van der Waals surface area contributed by atoms with Crippen LogP contribution in [0.4, 0.5) is 5.69 Å². The Labute approximate surface area is 302 Å². The highest BCUT2D eigenvalue weighted by Gasteiger charge is 2.37. The van der Waals surface area contributed by atoms with E-state index in [9.17, 15) is 37.5 Å². The third kappa shape index (κ3) is 6.66. The van der Waals surface area contributed by atoms with Crippen LogP contribution < -0.4 is 30.1 Å². The molecule has 16 nitrogen and oxygen atoms in total. The minimum absolute atomic E-state index is 0.0624. The minimum atomic E-state index is -4.20. The maximum absolute atomic E-state index is 13.1. The highest BCUT2D eigenvalue weighted by Crippen LogP contribution is 2.43. The highest BCUT2D eigenvalue weighted by molar-refractivity contribution is 7.92. The van der Waals surface area contributed by atoms with E-state index >= 15 is 0 Å². The molecule has 0 spiro atoms. The summed E-state index contributed by atoms with van der Waals surface area (Å²) in [6, 6.07) is 11.4. The summed E-state index contributed by atoms with van der Waals surface area (Å²) >= 11 is 6.53. The van der Waals surface area contributed by atoms with Crippen molar-refractivity contribution in [2.75, 3.05) is 43.6 Å². The highest BCUT2D eigenvalue weighted by atomic mass is 35.5. The van der Waals surface area contributed by atoms with E-state index in [1.165, 1.54) is 15.2 Å². The molecule has 0 bridgehead atoms. The van der Waals surface area contributed by atoms with Gasteiger partial charge in [0, 0.05) is 18.9 Å². The van der Waals surface area contributed by atoms with Gasteiger partial charge in [0.15, 0.2) is 0 Å². The van der Waals surface area contributed by atoms with Crippen LogP contribution in [-0.2, 0) is 36.4 Å². The van der Waals surface area contributed by atoms with Crippen molar-refractivity contribution in [1.82, 2.24) is 29.4 Å². The SMILES string of the molecule is Cn1c(=O)n(C2CCC(=O)NC2=O)c2ccc(C3CCN(CC(=O)NCCOc4ccc5cc(O)c(N6CC(=O)NS6(=O)=O)c(Cl)c5c4)CC3)cc21. The summed E-state index contributed by atoms with van der Waals surface area (Å²) in [5, 5.41) is 16.6. The van der Waals surface area contributed by atoms with Gasteiger partial charge in [-0.05, 0) is 79.6 Å². The number of aromatic hydroxyl groups is 1. The largest absolute Gasteiger partial charge is 0.506 e. The van der Waals surface area contributed by atoms with Crippen molar-refractivity contribution < 1.29 is 37.4 Å². The first-order valence-electron chi connectivity index (χ1n) is 16.8. The molecule has 4 amide bonds. The van der Waals surface area contributed by atoms with E-state index < -0.39 is 40.4 Å². The molecule has 3 aliphatic heterocycles. The molecule has 0 saturated carbocycles. The van der Waals surface area contributed by atoms with Crippen LogP contribution in [0.1, 0.15) is 43.2 Å². The number of halogens is 1. The lowest BCUT2D eigenvalue weighted by molar-refractivity contribution is -0.135. The number of piperidine rings is 2. The number of aryl methyl sites for hydroxylation is 1. The zero-order valence-electron chi connectivity index (χ0n) is 28.1. The molecule has 3 aromatic carbocycles. The number of anilines is 1. The van der Waals surface area contributed by atoms with Crippen molar-refractivity contribution in [3.8, 4) is 11.5 Å². The number of aromatic nitrogens is 2. The number of hydrogen-bond donors (Lipinski definition) is 4. The Balaban J connectivity index is 0.907. The number of phenols is 1. The van der Waals surface area contributed by atoms with Gasteiger partial charge < -0.3 is 15.2 Å². The predicted molar refractivity (Wildman–Crippen MR) is 191 cm³/mol. The Kier molecular flexibility index (Phi) is 9.35.